The van der Waals surface area contributed by atoms with E-state index in [1.165, 1.54) is 6.92 Å². The summed E-state index contributed by atoms with van der Waals surface area (Å²) in [4.78, 5) is 10.7. The first-order valence-electron chi connectivity index (χ1n) is 2.70. The molecule has 0 saturated carbocycles. The third kappa shape index (κ3) is 7.01. The molecule has 0 spiro atoms. The zero-order chi connectivity index (χ0) is 9.07. The van der Waals surface area contributed by atoms with Crippen molar-refractivity contribution in [2.75, 3.05) is 6.61 Å². The summed E-state index contributed by atoms with van der Waals surface area (Å²) >= 11 is 21.2. The normalized spacial score (nSPS) is 14.3. The first-order valence-corrected chi connectivity index (χ1v) is 4.27. The summed E-state index contributed by atoms with van der Waals surface area (Å²) in [6, 6.07) is 0. The van der Waals surface area contributed by atoms with Crippen molar-refractivity contribution in [1.29, 1.82) is 0 Å². The van der Waals surface area contributed by atoms with Gasteiger partial charge < -0.3 is 4.74 Å². The maximum atomic E-state index is 10.7. The SMILES string of the molecule is C[C@H](Cl)C(=O)OCC(Cl)(Cl)Cl. The van der Waals surface area contributed by atoms with E-state index >= 15 is 0 Å². The first kappa shape index (κ1) is 11.6. The molecule has 0 fully saturated rings. The lowest BCUT2D eigenvalue weighted by molar-refractivity contribution is -0.142. The Morgan fingerprint density at radius 3 is 2.27 bits per heavy atom. The molecule has 0 heterocycles. The standard InChI is InChI=1S/C5H6Cl4O2/c1-3(6)4(10)11-2-5(7,8)9/h3H,2H2,1H3/t3-/m0/s1. The first-order chi connectivity index (χ1) is 4.83. The third-order valence-electron chi connectivity index (χ3n) is 0.703. The summed E-state index contributed by atoms with van der Waals surface area (Å²) in [6.45, 7) is 1.19. The van der Waals surface area contributed by atoms with Gasteiger partial charge in [-0.25, -0.2) is 0 Å². The van der Waals surface area contributed by atoms with Gasteiger partial charge in [0.25, 0.3) is 0 Å². The number of alkyl halides is 4. The average molecular weight is 240 g/mol. The molecule has 0 N–H and O–H groups in total. The molecule has 1 atom stereocenters. The summed E-state index contributed by atoms with van der Waals surface area (Å²) in [5.74, 6) is -0.599. The highest BCUT2D eigenvalue weighted by atomic mass is 35.6. The molecule has 0 aromatic heterocycles. The van der Waals surface area contributed by atoms with E-state index in [9.17, 15) is 4.79 Å². The van der Waals surface area contributed by atoms with E-state index in [-0.39, 0.29) is 6.61 Å². The molecule has 0 bridgehead atoms. The topological polar surface area (TPSA) is 26.3 Å². The van der Waals surface area contributed by atoms with Crippen LogP contribution in [0.3, 0.4) is 0 Å². The highest BCUT2D eigenvalue weighted by Gasteiger charge is 2.23. The van der Waals surface area contributed by atoms with Gasteiger partial charge in [-0.1, -0.05) is 34.8 Å². The van der Waals surface area contributed by atoms with Crippen molar-refractivity contribution in [2.24, 2.45) is 0 Å². The molecule has 6 heteroatoms. The molecule has 0 aliphatic carbocycles. The number of halogens is 4. The summed E-state index contributed by atoms with van der Waals surface area (Å²) in [5.41, 5.74) is 0. The van der Waals surface area contributed by atoms with Crippen LogP contribution in [0.25, 0.3) is 0 Å². The fourth-order valence-electron chi connectivity index (χ4n) is 0.268. The number of ether oxygens (including phenoxy) is 1. The summed E-state index contributed by atoms with van der Waals surface area (Å²) < 4.78 is 2.93. The van der Waals surface area contributed by atoms with Crippen LogP contribution >= 0.6 is 46.4 Å². The number of carbonyl (C=O) groups excluding carboxylic acids is 1. The molecule has 0 radical (unpaired) electrons. The number of carbonyl (C=O) groups is 1. The van der Waals surface area contributed by atoms with E-state index in [1.807, 2.05) is 0 Å². The van der Waals surface area contributed by atoms with Crippen molar-refractivity contribution in [3.8, 4) is 0 Å². The van der Waals surface area contributed by atoms with E-state index in [2.05, 4.69) is 4.74 Å². The van der Waals surface area contributed by atoms with Crippen molar-refractivity contribution in [3.05, 3.63) is 0 Å². The highest BCUT2D eigenvalue weighted by Crippen LogP contribution is 2.26. The lowest BCUT2D eigenvalue weighted by atomic mass is 10.5. The summed E-state index contributed by atoms with van der Waals surface area (Å²) in [7, 11) is 0. The molecule has 2 nitrogen and oxygen atoms in total. The lowest BCUT2D eigenvalue weighted by Crippen LogP contribution is -2.21. The fourth-order valence-corrected chi connectivity index (χ4v) is 0.494. The van der Waals surface area contributed by atoms with Gasteiger partial charge in [-0.3, -0.25) is 4.79 Å². The van der Waals surface area contributed by atoms with Crippen LogP contribution in [0, 0.1) is 0 Å². The molecule has 0 amide bonds. The van der Waals surface area contributed by atoms with Crippen LogP contribution in [-0.4, -0.2) is 21.7 Å². The second kappa shape index (κ2) is 4.61. The minimum absolute atomic E-state index is 0.284. The van der Waals surface area contributed by atoms with Crippen LogP contribution in [-0.2, 0) is 9.53 Å². The molecule has 66 valence electrons. The number of esters is 1. The van der Waals surface area contributed by atoms with Gasteiger partial charge in [0.05, 0.1) is 0 Å². The zero-order valence-electron chi connectivity index (χ0n) is 5.61. The van der Waals surface area contributed by atoms with E-state index in [1.54, 1.807) is 0 Å². The summed E-state index contributed by atoms with van der Waals surface area (Å²) in [6.07, 6.45) is 0. The fraction of sp³-hybridized carbons (Fsp3) is 0.800. The van der Waals surface area contributed by atoms with Crippen LogP contribution in [0.2, 0.25) is 0 Å². The minimum atomic E-state index is -1.57. The van der Waals surface area contributed by atoms with Crippen LogP contribution in [0.5, 0.6) is 0 Å². The van der Waals surface area contributed by atoms with Gasteiger partial charge in [0.1, 0.15) is 12.0 Å². The van der Waals surface area contributed by atoms with Crippen molar-refractivity contribution >= 4 is 52.4 Å². The zero-order valence-corrected chi connectivity index (χ0v) is 8.64. The predicted octanol–water partition coefficient (Wildman–Crippen LogP) is 2.53. The Bertz CT molecular complexity index is 140. The smallest absolute Gasteiger partial charge is 0.323 e. The van der Waals surface area contributed by atoms with Gasteiger partial charge in [0, 0.05) is 0 Å². The van der Waals surface area contributed by atoms with E-state index in [0.717, 1.165) is 0 Å². The predicted molar refractivity (Wildman–Crippen MR) is 46.6 cm³/mol. The lowest BCUT2D eigenvalue weighted by Gasteiger charge is -2.11. The Kier molecular flexibility index (Phi) is 4.87. The monoisotopic (exact) mass is 238 g/mol. The molecule has 11 heavy (non-hydrogen) atoms. The van der Waals surface area contributed by atoms with Crippen molar-refractivity contribution in [1.82, 2.24) is 0 Å². The van der Waals surface area contributed by atoms with Crippen LogP contribution in [0.4, 0.5) is 0 Å². The number of hydrogen-bond acceptors (Lipinski definition) is 2. The van der Waals surface area contributed by atoms with Gasteiger partial charge in [0.2, 0.25) is 3.79 Å². The quantitative estimate of drug-likeness (QED) is 0.547. The number of hydrogen-bond donors (Lipinski definition) is 0. The van der Waals surface area contributed by atoms with E-state index in [4.69, 9.17) is 46.4 Å². The van der Waals surface area contributed by atoms with E-state index < -0.39 is 15.1 Å². The highest BCUT2D eigenvalue weighted by molar-refractivity contribution is 6.67. The Balaban J connectivity index is 3.64. The molecular weight excluding hydrogens is 234 g/mol. The Morgan fingerprint density at radius 2 is 2.00 bits per heavy atom. The minimum Gasteiger partial charge on any atom is -0.460 e. The van der Waals surface area contributed by atoms with Gasteiger partial charge in [0.15, 0.2) is 0 Å². The van der Waals surface area contributed by atoms with Crippen LogP contribution in [0.1, 0.15) is 6.92 Å². The molecule has 0 rings (SSSR count). The van der Waals surface area contributed by atoms with Gasteiger partial charge in [-0.2, -0.15) is 0 Å². The van der Waals surface area contributed by atoms with Crippen molar-refractivity contribution < 1.29 is 9.53 Å². The molecule has 0 aromatic rings. The maximum Gasteiger partial charge on any atom is 0.323 e. The average Bonchev–Trinajstić information content (AvgIpc) is 1.80. The van der Waals surface area contributed by atoms with Gasteiger partial charge in [-0.15, -0.1) is 11.6 Å². The summed E-state index contributed by atoms with van der Waals surface area (Å²) in [5, 5.41) is -0.720. The van der Waals surface area contributed by atoms with Crippen LogP contribution < -0.4 is 0 Å². The molecule has 0 unspecified atom stereocenters. The maximum absolute atomic E-state index is 10.7. The van der Waals surface area contributed by atoms with Crippen molar-refractivity contribution in [3.63, 3.8) is 0 Å². The number of rotatable bonds is 2. The van der Waals surface area contributed by atoms with Crippen molar-refractivity contribution in [2.45, 2.75) is 16.1 Å². The largest absolute Gasteiger partial charge is 0.460 e. The van der Waals surface area contributed by atoms with Gasteiger partial charge >= 0.3 is 5.97 Å². The Hall–Kier alpha value is 0.630. The second-order valence-corrected chi connectivity index (χ2v) is 5.01. The molecule has 0 aromatic carbocycles. The second-order valence-electron chi connectivity index (χ2n) is 1.84. The van der Waals surface area contributed by atoms with Gasteiger partial charge in [-0.05, 0) is 6.92 Å². The third-order valence-corrected chi connectivity index (χ3v) is 1.21. The Labute approximate surface area is 84.7 Å². The molecular formula is C5H6Cl4O2. The van der Waals surface area contributed by atoms with Crippen LogP contribution in [0.15, 0.2) is 0 Å². The Morgan fingerprint density at radius 1 is 1.55 bits per heavy atom. The molecule has 0 aliphatic heterocycles. The van der Waals surface area contributed by atoms with E-state index in [0.29, 0.717) is 0 Å². The molecule has 0 aliphatic rings. The molecule has 0 saturated heterocycles.